The van der Waals surface area contributed by atoms with E-state index in [2.05, 4.69) is 4.98 Å². The first-order chi connectivity index (χ1) is 11.9. The fourth-order valence-corrected chi connectivity index (χ4v) is 2.68. The molecule has 1 heterocycles. The molecule has 2 aromatic carbocycles. The van der Waals surface area contributed by atoms with Crippen LogP contribution in [0.1, 0.15) is 0 Å². The third kappa shape index (κ3) is 3.33. The van der Waals surface area contributed by atoms with E-state index in [4.69, 9.17) is 27.6 Å². The smallest absolute Gasteiger partial charge is 0.339 e. The van der Waals surface area contributed by atoms with Crippen LogP contribution in [0.15, 0.2) is 51.7 Å². The predicted molar refractivity (Wildman–Crippen MR) is 89.8 cm³/mol. The van der Waals surface area contributed by atoms with Crippen LogP contribution in [0.25, 0.3) is 22.7 Å². The molecule has 0 radical (unpaired) electrons. The summed E-state index contributed by atoms with van der Waals surface area (Å²) < 4.78 is 5.03. The fraction of sp³-hybridized carbons (Fsp3) is 0. The van der Waals surface area contributed by atoms with Crippen LogP contribution in [0.3, 0.4) is 0 Å². The van der Waals surface area contributed by atoms with E-state index in [0.29, 0.717) is 10.6 Å². The van der Waals surface area contributed by atoms with Crippen molar-refractivity contribution in [3.63, 3.8) is 0 Å². The van der Waals surface area contributed by atoms with Gasteiger partial charge in [-0.25, -0.2) is 9.78 Å². The Morgan fingerprint density at radius 3 is 2.52 bits per heavy atom. The minimum Gasteiger partial charge on any atom is -0.867 e. The average Bonchev–Trinajstić information content (AvgIpc) is 2.54. The van der Waals surface area contributed by atoms with Gasteiger partial charge in [-0.2, -0.15) is 0 Å². The number of para-hydroxylation sites is 1. The SMILES string of the molecule is O=c1cc(-c2cccc([N+](=O)[O-])c2[O-])nc(-c2ccc(Cl)cc2Cl)o1. The number of hydrogen-bond acceptors (Lipinski definition) is 6. The average molecular weight is 378 g/mol. The van der Waals surface area contributed by atoms with E-state index in [0.717, 1.165) is 12.1 Å². The Hall–Kier alpha value is -2.90. The van der Waals surface area contributed by atoms with E-state index in [9.17, 15) is 20.0 Å². The van der Waals surface area contributed by atoms with Crippen LogP contribution >= 0.6 is 23.2 Å². The molecule has 0 fully saturated rings. The molecule has 3 rings (SSSR count). The summed E-state index contributed by atoms with van der Waals surface area (Å²) >= 11 is 11.9. The van der Waals surface area contributed by atoms with Crippen molar-refractivity contribution in [1.82, 2.24) is 4.98 Å². The number of rotatable bonds is 3. The number of nitro groups is 1. The van der Waals surface area contributed by atoms with Gasteiger partial charge in [-0.3, -0.25) is 10.1 Å². The Morgan fingerprint density at radius 1 is 1.08 bits per heavy atom. The number of benzene rings is 2. The third-order valence-electron chi connectivity index (χ3n) is 3.30. The van der Waals surface area contributed by atoms with E-state index in [1.807, 2.05) is 0 Å². The van der Waals surface area contributed by atoms with E-state index >= 15 is 0 Å². The topological polar surface area (TPSA) is 109 Å². The van der Waals surface area contributed by atoms with Gasteiger partial charge in [-0.1, -0.05) is 35.3 Å². The molecule has 0 aliphatic carbocycles. The summed E-state index contributed by atoms with van der Waals surface area (Å²) in [5, 5.41) is 23.7. The molecule has 1 aromatic heterocycles. The van der Waals surface area contributed by atoms with Gasteiger partial charge in [0.25, 0.3) is 5.69 Å². The Labute approximate surface area is 150 Å². The summed E-state index contributed by atoms with van der Waals surface area (Å²) in [6.07, 6.45) is 0. The van der Waals surface area contributed by atoms with Crippen molar-refractivity contribution < 1.29 is 14.4 Å². The minimum absolute atomic E-state index is 0.0500. The molecule has 0 N–H and O–H groups in total. The summed E-state index contributed by atoms with van der Waals surface area (Å²) in [6, 6.07) is 9.21. The zero-order chi connectivity index (χ0) is 18.1. The molecule has 7 nitrogen and oxygen atoms in total. The quantitative estimate of drug-likeness (QED) is 0.508. The lowest BCUT2D eigenvalue weighted by Gasteiger charge is -2.13. The summed E-state index contributed by atoms with van der Waals surface area (Å²) in [5.74, 6) is -0.978. The second kappa shape index (κ2) is 6.54. The van der Waals surface area contributed by atoms with E-state index < -0.39 is 22.0 Å². The molecular formula is C16H7Cl2N2O5-. The van der Waals surface area contributed by atoms with Crippen molar-refractivity contribution in [2.24, 2.45) is 0 Å². The summed E-state index contributed by atoms with van der Waals surface area (Å²) in [4.78, 5) is 26.1. The van der Waals surface area contributed by atoms with Gasteiger partial charge in [-0.05, 0) is 29.5 Å². The second-order valence-electron chi connectivity index (χ2n) is 4.90. The van der Waals surface area contributed by atoms with Crippen molar-refractivity contribution in [2.45, 2.75) is 0 Å². The van der Waals surface area contributed by atoms with Gasteiger partial charge in [0.05, 0.1) is 27.3 Å². The third-order valence-corrected chi connectivity index (χ3v) is 3.85. The Kier molecular flexibility index (Phi) is 4.43. The highest BCUT2D eigenvalue weighted by atomic mass is 35.5. The Balaban J connectivity index is 2.20. The zero-order valence-corrected chi connectivity index (χ0v) is 13.7. The molecule has 0 spiro atoms. The largest absolute Gasteiger partial charge is 0.867 e. The van der Waals surface area contributed by atoms with Gasteiger partial charge in [0.1, 0.15) is 0 Å². The van der Waals surface area contributed by atoms with Gasteiger partial charge in [0.15, 0.2) is 0 Å². The normalized spacial score (nSPS) is 10.6. The molecule has 9 heteroatoms. The Bertz CT molecular complexity index is 1050. The maximum absolute atomic E-state index is 12.2. The lowest BCUT2D eigenvalue weighted by molar-refractivity contribution is -0.398. The highest BCUT2D eigenvalue weighted by molar-refractivity contribution is 6.36. The standard InChI is InChI=1S/C16H8Cl2N2O5/c17-8-4-5-9(11(18)6-8)16-19-12(7-14(21)25-16)10-2-1-3-13(15(10)22)20(23)24/h1-7,22H/p-1. The minimum atomic E-state index is -0.848. The lowest BCUT2D eigenvalue weighted by atomic mass is 10.1. The Morgan fingerprint density at radius 2 is 1.84 bits per heavy atom. The first-order valence-electron chi connectivity index (χ1n) is 6.79. The maximum atomic E-state index is 12.2. The van der Waals surface area contributed by atoms with Crippen LogP contribution in [0.2, 0.25) is 10.0 Å². The molecular weight excluding hydrogens is 371 g/mol. The molecule has 25 heavy (non-hydrogen) atoms. The number of aromatic nitrogens is 1. The van der Waals surface area contributed by atoms with Gasteiger partial charge >= 0.3 is 5.63 Å². The second-order valence-corrected chi connectivity index (χ2v) is 5.75. The summed E-state index contributed by atoms with van der Waals surface area (Å²) in [5.41, 5.74) is -1.24. The molecule has 0 saturated heterocycles. The van der Waals surface area contributed by atoms with E-state index in [1.165, 1.54) is 30.3 Å². The van der Waals surface area contributed by atoms with Crippen LogP contribution < -0.4 is 10.7 Å². The van der Waals surface area contributed by atoms with Gasteiger partial charge in [0.2, 0.25) is 5.89 Å². The number of halogens is 2. The van der Waals surface area contributed by atoms with Crippen LogP contribution in [-0.4, -0.2) is 9.91 Å². The zero-order valence-electron chi connectivity index (χ0n) is 12.2. The van der Waals surface area contributed by atoms with Gasteiger partial charge in [0, 0.05) is 11.1 Å². The van der Waals surface area contributed by atoms with Gasteiger partial charge < -0.3 is 9.52 Å². The maximum Gasteiger partial charge on any atom is 0.339 e. The molecule has 0 saturated carbocycles. The lowest BCUT2D eigenvalue weighted by Crippen LogP contribution is -2.05. The molecule has 0 bridgehead atoms. The first-order valence-corrected chi connectivity index (χ1v) is 7.55. The number of nitro benzene ring substituents is 1. The molecule has 0 aliphatic rings. The van der Waals surface area contributed by atoms with Crippen molar-refractivity contribution in [3.05, 3.63) is 73.0 Å². The number of nitrogens with zero attached hydrogens (tertiary/aromatic N) is 2. The van der Waals surface area contributed by atoms with Crippen LogP contribution in [-0.2, 0) is 0 Å². The van der Waals surface area contributed by atoms with Crippen molar-refractivity contribution in [1.29, 1.82) is 0 Å². The fourth-order valence-electron chi connectivity index (χ4n) is 2.19. The molecule has 0 atom stereocenters. The van der Waals surface area contributed by atoms with Crippen molar-refractivity contribution >= 4 is 28.9 Å². The van der Waals surface area contributed by atoms with E-state index in [1.54, 1.807) is 0 Å². The molecule has 3 aromatic rings. The summed E-state index contributed by atoms with van der Waals surface area (Å²) in [6.45, 7) is 0. The van der Waals surface area contributed by atoms with Crippen LogP contribution in [0.5, 0.6) is 5.75 Å². The van der Waals surface area contributed by atoms with Gasteiger partial charge in [-0.15, -0.1) is 0 Å². The van der Waals surface area contributed by atoms with Crippen LogP contribution in [0, 0.1) is 10.1 Å². The van der Waals surface area contributed by atoms with Crippen molar-refractivity contribution in [3.8, 4) is 28.5 Å². The van der Waals surface area contributed by atoms with E-state index in [-0.39, 0.29) is 22.2 Å². The summed E-state index contributed by atoms with van der Waals surface area (Å²) in [7, 11) is 0. The van der Waals surface area contributed by atoms with Crippen LogP contribution in [0.4, 0.5) is 5.69 Å². The number of hydrogen-bond donors (Lipinski definition) is 0. The molecule has 0 unspecified atom stereocenters. The monoisotopic (exact) mass is 377 g/mol. The highest BCUT2D eigenvalue weighted by Gasteiger charge is 2.15. The highest BCUT2D eigenvalue weighted by Crippen LogP contribution is 2.35. The molecule has 0 aliphatic heterocycles. The predicted octanol–water partition coefficient (Wildman–Crippen LogP) is 3.66. The first kappa shape index (κ1) is 16.9. The molecule has 0 amide bonds. The molecule has 126 valence electrons. The van der Waals surface area contributed by atoms with Crippen molar-refractivity contribution in [2.75, 3.05) is 0 Å².